The van der Waals surface area contributed by atoms with Crippen molar-refractivity contribution in [3.63, 3.8) is 0 Å². The molecule has 0 bridgehead atoms. The maximum Gasteiger partial charge on any atom is 0.251 e. The molecule has 0 aromatic heterocycles. The number of benzene rings is 2. The lowest BCUT2D eigenvalue weighted by atomic mass is 10.1. The number of nitrogens with one attached hydrogen (secondary N) is 1. The Hall–Kier alpha value is -2.53. The van der Waals surface area contributed by atoms with Crippen LogP contribution in [0.3, 0.4) is 0 Å². The molecular formula is C25H34N2O3. The van der Waals surface area contributed by atoms with Gasteiger partial charge < -0.3 is 14.8 Å². The minimum absolute atomic E-state index is 0.0105. The number of aryl methyl sites for hydroxylation is 1. The van der Waals surface area contributed by atoms with Crippen molar-refractivity contribution in [3.8, 4) is 11.5 Å². The first-order valence-electron chi connectivity index (χ1n) is 11.0. The lowest BCUT2D eigenvalue weighted by Crippen LogP contribution is -2.25. The second-order valence-electron chi connectivity index (χ2n) is 7.94. The second-order valence-corrected chi connectivity index (χ2v) is 7.94. The number of hydrogen-bond acceptors (Lipinski definition) is 4. The van der Waals surface area contributed by atoms with Crippen LogP contribution in [0.4, 0.5) is 0 Å². The summed E-state index contributed by atoms with van der Waals surface area (Å²) in [5.74, 6) is 1.46. The zero-order chi connectivity index (χ0) is 21.2. The Bertz CT molecular complexity index is 797. The van der Waals surface area contributed by atoms with Crippen molar-refractivity contribution in [2.45, 2.75) is 45.1 Å². The Labute approximate surface area is 180 Å². The number of nitrogens with zero attached hydrogens (tertiary/aromatic N) is 1. The quantitative estimate of drug-likeness (QED) is 0.621. The van der Waals surface area contributed by atoms with E-state index in [4.69, 9.17) is 9.47 Å². The molecule has 5 heteroatoms. The average Bonchev–Trinajstić information content (AvgIpc) is 3.05. The molecule has 3 rings (SSSR count). The van der Waals surface area contributed by atoms with E-state index in [9.17, 15) is 4.79 Å². The third-order valence-corrected chi connectivity index (χ3v) is 5.70. The fraction of sp³-hybridized carbons (Fsp3) is 0.480. The fourth-order valence-corrected chi connectivity index (χ4v) is 3.95. The molecule has 1 aliphatic rings. The number of likely N-dealkylation sites (tertiary alicyclic amines) is 1. The molecule has 30 heavy (non-hydrogen) atoms. The average molecular weight is 411 g/mol. The highest BCUT2D eigenvalue weighted by Gasteiger charge is 2.11. The minimum Gasteiger partial charge on any atom is -0.493 e. The van der Waals surface area contributed by atoms with Crippen LogP contribution in [-0.4, -0.2) is 44.7 Å². The monoisotopic (exact) mass is 410 g/mol. The number of hydrogen-bond donors (Lipinski definition) is 1. The standard InChI is InChI=1S/C25H34N2O3/c1-29-23-14-11-20(18-24(23)30-2)8-7-15-26-25(28)22-12-9-21(10-13-22)19-27-16-5-3-4-6-17-27/h9-14,18H,3-8,15-17,19H2,1-2H3,(H,26,28). The largest absolute Gasteiger partial charge is 0.493 e. The summed E-state index contributed by atoms with van der Waals surface area (Å²) in [5.41, 5.74) is 3.17. The van der Waals surface area contributed by atoms with Gasteiger partial charge in [0, 0.05) is 18.7 Å². The Kier molecular flexibility index (Phi) is 8.57. The molecule has 0 aliphatic carbocycles. The summed E-state index contributed by atoms with van der Waals surface area (Å²) in [4.78, 5) is 15.0. The van der Waals surface area contributed by atoms with E-state index in [0.717, 1.165) is 36.4 Å². The molecule has 1 aliphatic heterocycles. The topological polar surface area (TPSA) is 50.8 Å². The van der Waals surface area contributed by atoms with E-state index < -0.39 is 0 Å². The molecule has 1 fully saturated rings. The lowest BCUT2D eigenvalue weighted by Gasteiger charge is -2.19. The van der Waals surface area contributed by atoms with Crippen LogP contribution in [-0.2, 0) is 13.0 Å². The van der Waals surface area contributed by atoms with Gasteiger partial charge >= 0.3 is 0 Å². The van der Waals surface area contributed by atoms with Crippen LogP contribution in [0, 0.1) is 0 Å². The first-order chi connectivity index (χ1) is 14.7. The van der Waals surface area contributed by atoms with Crippen LogP contribution in [0.5, 0.6) is 11.5 Å². The van der Waals surface area contributed by atoms with Crippen molar-refractivity contribution in [2.75, 3.05) is 33.9 Å². The lowest BCUT2D eigenvalue weighted by molar-refractivity contribution is 0.0953. The van der Waals surface area contributed by atoms with Crippen LogP contribution in [0.25, 0.3) is 0 Å². The van der Waals surface area contributed by atoms with E-state index in [2.05, 4.69) is 22.3 Å². The summed E-state index contributed by atoms with van der Waals surface area (Å²) in [6.45, 7) is 3.99. The highest BCUT2D eigenvalue weighted by molar-refractivity contribution is 5.94. The van der Waals surface area contributed by atoms with Gasteiger partial charge in [0.2, 0.25) is 0 Å². The van der Waals surface area contributed by atoms with Gasteiger partial charge in [-0.2, -0.15) is 0 Å². The number of amides is 1. The van der Waals surface area contributed by atoms with Crippen LogP contribution in [0.15, 0.2) is 42.5 Å². The molecule has 1 amide bonds. The smallest absolute Gasteiger partial charge is 0.251 e. The van der Waals surface area contributed by atoms with Gasteiger partial charge in [-0.15, -0.1) is 0 Å². The number of carbonyl (C=O) groups excluding carboxylic acids is 1. The predicted molar refractivity (Wildman–Crippen MR) is 120 cm³/mol. The summed E-state index contributed by atoms with van der Waals surface area (Å²) >= 11 is 0. The number of methoxy groups -OCH3 is 2. The van der Waals surface area contributed by atoms with Crippen LogP contribution in [0.2, 0.25) is 0 Å². The van der Waals surface area contributed by atoms with Gasteiger partial charge in [-0.05, 0) is 74.2 Å². The third kappa shape index (κ3) is 6.49. The molecule has 5 nitrogen and oxygen atoms in total. The summed E-state index contributed by atoms with van der Waals surface area (Å²) in [5, 5.41) is 3.02. The first kappa shape index (κ1) is 22.2. The van der Waals surface area contributed by atoms with E-state index in [0.29, 0.717) is 6.54 Å². The molecule has 162 valence electrons. The molecule has 1 heterocycles. The minimum atomic E-state index is -0.0105. The molecule has 0 atom stereocenters. The van der Waals surface area contributed by atoms with Crippen molar-refractivity contribution < 1.29 is 14.3 Å². The number of ether oxygens (including phenoxy) is 2. The Balaban J connectivity index is 1.42. The summed E-state index contributed by atoms with van der Waals surface area (Å²) in [6, 6.07) is 14.0. The second kappa shape index (κ2) is 11.6. The molecule has 2 aromatic rings. The zero-order valence-electron chi connectivity index (χ0n) is 18.3. The van der Waals surface area contributed by atoms with Gasteiger partial charge in [0.15, 0.2) is 11.5 Å². The highest BCUT2D eigenvalue weighted by Crippen LogP contribution is 2.27. The van der Waals surface area contributed by atoms with E-state index in [1.165, 1.54) is 49.9 Å². The Morgan fingerprint density at radius 1 is 0.900 bits per heavy atom. The van der Waals surface area contributed by atoms with Crippen LogP contribution in [0.1, 0.15) is 53.6 Å². The molecular weight excluding hydrogens is 376 g/mol. The van der Waals surface area contributed by atoms with Gasteiger partial charge in [-0.3, -0.25) is 9.69 Å². The van der Waals surface area contributed by atoms with Crippen LogP contribution < -0.4 is 14.8 Å². The Morgan fingerprint density at radius 2 is 1.57 bits per heavy atom. The first-order valence-corrected chi connectivity index (χ1v) is 11.0. The fourth-order valence-electron chi connectivity index (χ4n) is 3.95. The summed E-state index contributed by atoms with van der Waals surface area (Å²) in [7, 11) is 3.27. The Morgan fingerprint density at radius 3 is 2.23 bits per heavy atom. The molecule has 0 unspecified atom stereocenters. The van der Waals surface area contributed by atoms with E-state index >= 15 is 0 Å². The van der Waals surface area contributed by atoms with Crippen molar-refractivity contribution >= 4 is 5.91 Å². The highest BCUT2D eigenvalue weighted by atomic mass is 16.5. The van der Waals surface area contributed by atoms with Crippen molar-refractivity contribution in [1.82, 2.24) is 10.2 Å². The summed E-state index contributed by atoms with van der Waals surface area (Å²) < 4.78 is 10.6. The molecule has 1 N–H and O–H groups in total. The zero-order valence-corrected chi connectivity index (χ0v) is 18.3. The number of rotatable bonds is 9. The third-order valence-electron chi connectivity index (χ3n) is 5.70. The van der Waals surface area contributed by atoms with E-state index in [-0.39, 0.29) is 5.91 Å². The molecule has 2 aromatic carbocycles. The predicted octanol–water partition coefficient (Wildman–Crippen LogP) is 4.44. The van der Waals surface area contributed by atoms with E-state index in [1.54, 1.807) is 14.2 Å². The van der Waals surface area contributed by atoms with Crippen molar-refractivity contribution in [3.05, 3.63) is 59.2 Å². The van der Waals surface area contributed by atoms with Gasteiger partial charge in [0.25, 0.3) is 5.91 Å². The normalized spacial score (nSPS) is 14.7. The maximum absolute atomic E-state index is 12.4. The molecule has 0 radical (unpaired) electrons. The molecule has 0 spiro atoms. The molecule has 0 saturated carbocycles. The van der Waals surface area contributed by atoms with Gasteiger partial charge in [0.1, 0.15) is 0 Å². The van der Waals surface area contributed by atoms with Gasteiger partial charge in [-0.1, -0.05) is 31.0 Å². The molecule has 1 saturated heterocycles. The van der Waals surface area contributed by atoms with Gasteiger partial charge in [-0.25, -0.2) is 0 Å². The number of carbonyl (C=O) groups is 1. The van der Waals surface area contributed by atoms with Crippen molar-refractivity contribution in [2.24, 2.45) is 0 Å². The van der Waals surface area contributed by atoms with Crippen molar-refractivity contribution in [1.29, 1.82) is 0 Å². The summed E-state index contributed by atoms with van der Waals surface area (Å²) in [6.07, 6.45) is 7.03. The van der Waals surface area contributed by atoms with Gasteiger partial charge in [0.05, 0.1) is 14.2 Å². The van der Waals surface area contributed by atoms with E-state index in [1.807, 2.05) is 30.3 Å². The maximum atomic E-state index is 12.4. The SMILES string of the molecule is COc1ccc(CCCNC(=O)c2ccc(CN3CCCCCC3)cc2)cc1OC. The van der Waals surface area contributed by atoms with Crippen LogP contribution >= 0.6 is 0 Å².